The van der Waals surface area contributed by atoms with Crippen LogP contribution in [0.4, 0.5) is 5.82 Å². The number of aromatic nitrogens is 1. The lowest BCUT2D eigenvalue weighted by Crippen LogP contribution is -2.17. The predicted molar refractivity (Wildman–Crippen MR) is 126 cm³/mol. The Kier molecular flexibility index (Phi) is 8.02. The molecule has 0 radical (unpaired) electrons. The molecule has 33 heavy (non-hydrogen) atoms. The zero-order valence-corrected chi connectivity index (χ0v) is 18.9. The molecule has 0 aliphatic heterocycles. The molecule has 172 valence electrons. The van der Waals surface area contributed by atoms with Gasteiger partial charge in [-0.1, -0.05) is 37.3 Å². The monoisotopic (exact) mass is 448 g/mol. The fourth-order valence-electron chi connectivity index (χ4n) is 3.16. The molecule has 7 nitrogen and oxygen atoms in total. The molecule has 1 aromatic heterocycles. The summed E-state index contributed by atoms with van der Waals surface area (Å²) < 4.78 is 12.1. The van der Waals surface area contributed by atoms with Gasteiger partial charge in [0.1, 0.15) is 17.3 Å². The minimum Gasteiger partial charge on any atom is -0.491 e. The number of anilines is 1. The number of carboxylic acid groups (broad SMARTS) is 1. The molecule has 1 amide bonds. The molecule has 0 aliphatic rings. The number of pyridine rings is 1. The topological polar surface area (TPSA) is 97.8 Å². The van der Waals surface area contributed by atoms with Gasteiger partial charge in [0.05, 0.1) is 17.8 Å². The molecule has 0 saturated carbocycles. The number of carboxylic acids is 1. The van der Waals surface area contributed by atoms with E-state index in [-0.39, 0.29) is 23.6 Å². The summed E-state index contributed by atoms with van der Waals surface area (Å²) >= 11 is 0. The van der Waals surface area contributed by atoms with E-state index in [0.29, 0.717) is 17.1 Å². The van der Waals surface area contributed by atoms with Crippen molar-refractivity contribution in [2.24, 2.45) is 0 Å². The maximum Gasteiger partial charge on any atom is 0.337 e. The molecule has 0 unspecified atom stereocenters. The third-order valence-electron chi connectivity index (χ3n) is 5.01. The van der Waals surface area contributed by atoms with E-state index in [1.807, 2.05) is 51.1 Å². The van der Waals surface area contributed by atoms with Crippen molar-refractivity contribution in [2.75, 3.05) is 5.32 Å². The lowest BCUT2D eigenvalue weighted by molar-refractivity contribution is 0.0696. The summed E-state index contributed by atoms with van der Waals surface area (Å²) in [5, 5.41) is 11.7. The minimum absolute atomic E-state index is 0.0249. The van der Waals surface area contributed by atoms with E-state index in [2.05, 4.69) is 10.3 Å². The highest BCUT2D eigenvalue weighted by molar-refractivity contribution is 6.04. The van der Waals surface area contributed by atoms with Crippen LogP contribution in [-0.4, -0.2) is 34.2 Å². The summed E-state index contributed by atoms with van der Waals surface area (Å²) in [6.45, 7) is 5.95. The zero-order valence-electron chi connectivity index (χ0n) is 18.9. The Bertz CT molecular complexity index is 1080. The molecule has 2 aromatic carbocycles. The highest BCUT2D eigenvalue weighted by Gasteiger charge is 2.15. The number of nitrogens with zero attached hydrogens (tertiary/aromatic N) is 1. The lowest BCUT2D eigenvalue weighted by Gasteiger charge is -2.18. The number of benzene rings is 2. The summed E-state index contributed by atoms with van der Waals surface area (Å²) in [5.41, 5.74) is 1.55. The van der Waals surface area contributed by atoms with Crippen molar-refractivity contribution in [3.05, 3.63) is 83.6 Å². The number of ether oxygens (including phenoxy) is 2. The van der Waals surface area contributed by atoms with Crippen LogP contribution in [0, 0.1) is 0 Å². The maximum atomic E-state index is 12.9. The third kappa shape index (κ3) is 7.07. The van der Waals surface area contributed by atoms with Crippen LogP contribution < -0.4 is 14.8 Å². The van der Waals surface area contributed by atoms with Gasteiger partial charge in [-0.3, -0.25) is 4.79 Å². The standard InChI is InChI=1S/C26H28N2O5/c1-4-17(2)32-22-13-21(25(29)28-24-11-10-20(16-27-24)26(30)31)14-23(15-22)33-18(3)12-19-8-6-5-7-9-19/h5-11,13-18H,4,12H2,1-3H3,(H,30,31)(H,27,28,29)/t17-,18-/m0/s1. The van der Waals surface area contributed by atoms with Crippen molar-refractivity contribution in [1.82, 2.24) is 4.98 Å². The van der Waals surface area contributed by atoms with Crippen LogP contribution in [0.1, 0.15) is 53.5 Å². The van der Waals surface area contributed by atoms with Crippen molar-refractivity contribution >= 4 is 17.7 Å². The van der Waals surface area contributed by atoms with Gasteiger partial charge >= 0.3 is 5.97 Å². The zero-order chi connectivity index (χ0) is 23.8. The van der Waals surface area contributed by atoms with Gasteiger partial charge in [-0.05, 0) is 50.1 Å². The lowest BCUT2D eigenvalue weighted by atomic mass is 10.1. The molecule has 2 N–H and O–H groups in total. The Morgan fingerprint density at radius 3 is 2.18 bits per heavy atom. The van der Waals surface area contributed by atoms with Crippen molar-refractivity contribution in [3.8, 4) is 11.5 Å². The smallest absolute Gasteiger partial charge is 0.337 e. The van der Waals surface area contributed by atoms with Crippen LogP contribution in [-0.2, 0) is 6.42 Å². The number of carbonyl (C=O) groups excluding carboxylic acids is 1. The van der Waals surface area contributed by atoms with Crippen LogP contribution in [0.15, 0.2) is 66.9 Å². The average molecular weight is 449 g/mol. The number of rotatable bonds is 10. The Labute approximate surface area is 193 Å². The van der Waals surface area contributed by atoms with E-state index in [4.69, 9.17) is 14.6 Å². The molecule has 3 rings (SSSR count). The van der Waals surface area contributed by atoms with E-state index in [9.17, 15) is 9.59 Å². The first-order valence-corrected chi connectivity index (χ1v) is 10.9. The predicted octanol–water partition coefficient (Wildman–Crippen LogP) is 5.22. The SMILES string of the molecule is CC[C@H](C)Oc1cc(O[C@@H](C)Cc2ccccc2)cc(C(=O)Nc2ccc(C(=O)O)cn2)c1. The van der Waals surface area contributed by atoms with Crippen molar-refractivity contribution in [2.45, 2.75) is 45.8 Å². The van der Waals surface area contributed by atoms with Crippen LogP contribution in [0.25, 0.3) is 0 Å². The van der Waals surface area contributed by atoms with Crippen molar-refractivity contribution < 1.29 is 24.2 Å². The first kappa shape index (κ1) is 23.8. The molecule has 1 heterocycles. The van der Waals surface area contributed by atoms with Gasteiger partial charge in [0, 0.05) is 24.2 Å². The summed E-state index contributed by atoms with van der Waals surface area (Å²) in [7, 11) is 0. The summed E-state index contributed by atoms with van der Waals surface area (Å²) in [4.78, 5) is 27.9. The van der Waals surface area contributed by atoms with Gasteiger partial charge in [-0.15, -0.1) is 0 Å². The highest BCUT2D eigenvalue weighted by Crippen LogP contribution is 2.26. The maximum absolute atomic E-state index is 12.9. The van der Waals surface area contributed by atoms with E-state index in [1.165, 1.54) is 18.3 Å². The molecule has 0 saturated heterocycles. The van der Waals surface area contributed by atoms with Gasteiger partial charge in [0.15, 0.2) is 0 Å². The molecule has 3 aromatic rings. The molecule has 7 heteroatoms. The number of hydrogen-bond donors (Lipinski definition) is 2. The molecular weight excluding hydrogens is 420 g/mol. The largest absolute Gasteiger partial charge is 0.491 e. The molecule has 0 spiro atoms. The van der Waals surface area contributed by atoms with E-state index in [0.717, 1.165) is 18.4 Å². The number of aromatic carboxylic acids is 1. The van der Waals surface area contributed by atoms with Gasteiger partial charge in [-0.25, -0.2) is 9.78 Å². The van der Waals surface area contributed by atoms with Crippen molar-refractivity contribution in [3.63, 3.8) is 0 Å². The Morgan fingerprint density at radius 2 is 1.61 bits per heavy atom. The van der Waals surface area contributed by atoms with Crippen LogP contribution in [0.3, 0.4) is 0 Å². The molecule has 0 bridgehead atoms. The van der Waals surface area contributed by atoms with Crippen LogP contribution >= 0.6 is 0 Å². The molecule has 0 fully saturated rings. The van der Waals surface area contributed by atoms with Gasteiger partial charge in [0.2, 0.25) is 0 Å². The average Bonchev–Trinajstić information content (AvgIpc) is 2.79. The molecular formula is C26H28N2O5. The first-order valence-electron chi connectivity index (χ1n) is 10.9. The Hall–Kier alpha value is -3.87. The van der Waals surface area contributed by atoms with E-state index >= 15 is 0 Å². The van der Waals surface area contributed by atoms with Crippen LogP contribution in [0.5, 0.6) is 11.5 Å². The molecule has 2 atom stereocenters. The second kappa shape index (κ2) is 11.1. The number of hydrogen-bond acceptors (Lipinski definition) is 5. The van der Waals surface area contributed by atoms with Crippen molar-refractivity contribution in [1.29, 1.82) is 0 Å². The fraction of sp³-hybridized carbons (Fsp3) is 0.269. The highest BCUT2D eigenvalue weighted by atomic mass is 16.5. The minimum atomic E-state index is -1.08. The summed E-state index contributed by atoms with van der Waals surface area (Å²) in [5.74, 6) is -0.174. The fourth-order valence-corrected chi connectivity index (χ4v) is 3.16. The van der Waals surface area contributed by atoms with Gasteiger partial charge in [0.25, 0.3) is 5.91 Å². The first-order chi connectivity index (χ1) is 15.8. The van der Waals surface area contributed by atoms with E-state index < -0.39 is 11.9 Å². The number of carbonyl (C=O) groups is 2. The van der Waals surface area contributed by atoms with Gasteiger partial charge in [-0.2, -0.15) is 0 Å². The number of nitrogens with one attached hydrogen (secondary N) is 1. The van der Waals surface area contributed by atoms with Gasteiger partial charge < -0.3 is 19.9 Å². The second-order valence-electron chi connectivity index (χ2n) is 7.84. The number of amides is 1. The normalized spacial score (nSPS) is 12.5. The summed E-state index contributed by atoms with van der Waals surface area (Å²) in [6, 6.07) is 18.0. The van der Waals surface area contributed by atoms with Crippen LogP contribution in [0.2, 0.25) is 0 Å². The Morgan fingerprint density at radius 1 is 0.939 bits per heavy atom. The van der Waals surface area contributed by atoms with E-state index in [1.54, 1.807) is 18.2 Å². The molecule has 0 aliphatic carbocycles. The third-order valence-corrected chi connectivity index (χ3v) is 5.01. The Balaban J connectivity index is 1.79. The summed E-state index contributed by atoms with van der Waals surface area (Å²) in [6.07, 6.45) is 2.59. The second-order valence-corrected chi connectivity index (χ2v) is 7.84. The quantitative estimate of drug-likeness (QED) is 0.441.